The van der Waals surface area contributed by atoms with Gasteiger partial charge in [-0.1, -0.05) is 0 Å². The summed E-state index contributed by atoms with van der Waals surface area (Å²) in [5, 5.41) is 0. The molecule has 2 aliphatic rings. The van der Waals surface area contributed by atoms with Crippen molar-refractivity contribution in [3.8, 4) is 0 Å². The van der Waals surface area contributed by atoms with Gasteiger partial charge in [0.1, 0.15) is 0 Å². The van der Waals surface area contributed by atoms with E-state index in [0.29, 0.717) is 0 Å². The molecule has 0 aliphatic heterocycles. The summed E-state index contributed by atoms with van der Waals surface area (Å²) in [4.78, 5) is 0. The molecule has 4 aromatic rings. The quantitative estimate of drug-likeness (QED) is 0.179. The Hall–Kier alpha value is -2.19. The molecule has 0 heterocycles. The summed E-state index contributed by atoms with van der Waals surface area (Å²) in [6, 6.07) is 28.9. The van der Waals surface area contributed by atoms with Gasteiger partial charge in [0.25, 0.3) is 0 Å². The maximum atomic E-state index is 8.58. The normalized spacial score (nSPS) is 18.0. The first-order valence-electron chi connectivity index (χ1n) is 21.2. The summed E-state index contributed by atoms with van der Waals surface area (Å²) in [6.45, 7) is 41.7. The van der Waals surface area contributed by atoms with Gasteiger partial charge in [-0.3, -0.25) is 0 Å². The number of benzene rings is 4. The summed E-state index contributed by atoms with van der Waals surface area (Å²) < 4.78 is -0.134. The van der Waals surface area contributed by atoms with Gasteiger partial charge in [0, 0.05) is 0 Å². The van der Waals surface area contributed by atoms with Crippen molar-refractivity contribution in [2.75, 3.05) is 0 Å². The molecule has 0 saturated heterocycles. The van der Waals surface area contributed by atoms with Gasteiger partial charge in [-0.15, -0.1) is 0 Å². The molecule has 6 rings (SSSR count). The van der Waals surface area contributed by atoms with Crippen LogP contribution in [0.4, 0.5) is 0 Å². The van der Waals surface area contributed by atoms with E-state index in [9.17, 15) is 0 Å². The van der Waals surface area contributed by atoms with Crippen LogP contribution in [0.5, 0.6) is 0 Å². The molecule has 0 amide bonds. The van der Waals surface area contributed by atoms with Gasteiger partial charge >= 0.3 is 362 Å². The van der Waals surface area contributed by atoms with Gasteiger partial charge in [0.2, 0.25) is 0 Å². The van der Waals surface area contributed by atoms with Crippen LogP contribution in [-0.4, -0.2) is 0 Å². The van der Waals surface area contributed by atoms with E-state index in [1.807, 2.05) is 0 Å². The van der Waals surface area contributed by atoms with Crippen LogP contribution in [-0.2, 0) is 50.1 Å². The molecular weight excluding hydrogens is 898 g/mol. The van der Waals surface area contributed by atoms with Crippen LogP contribution >= 0.6 is 17.2 Å². The van der Waals surface area contributed by atoms with E-state index < -0.39 is 17.6 Å². The minimum absolute atomic E-state index is 0.0177. The average Bonchev–Trinajstić information content (AvgIpc) is 3.65. The molecule has 4 aromatic carbocycles. The summed E-state index contributed by atoms with van der Waals surface area (Å²) in [6.07, 6.45) is 4.92. The first-order chi connectivity index (χ1) is 25.8. The standard InChI is InChI=1S/2C27H35.2ClH.Hf/c2*1-25(2,3)22-11-10-18-12-19(13-20(18)14-22)21-15-23(26(4,5)6)17-24(16-21)27(7,8)9;;;/h2*10-17H,1-9H3;2*1H;/q;;;;+2/p-2. The molecule has 0 saturated carbocycles. The van der Waals surface area contributed by atoms with Crippen LogP contribution in [0.1, 0.15) is 199 Å². The van der Waals surface area contributed by atoms with E-state index in [4.69, 9.17) is 17.2 Å². The Morgan fingerprint density at radius 1 is 0.351 bits per heavy atom. The molecule has 2 aliphatic carbocycles. The molecule has 0 fully saturated rings. The zero-order valence-electron chi connectivity index (χ0n) is 38.5. The van der Waals surface area contributed by atoms with Crippen molar-refractivity contribution in [1.29, 1.82) is 0 Å². The molecule has 2 atom stereocenters. The third kappa shape index (κ3) is 8.84. The topological polar surface area (TPSA) is 0 Å². The van der Waals surface area contributed by atoms with Crippen molar-refractivity contribution < 1.29 is 17.6 Å². The predicted octanol–water partition coefficient (Wildman–Crippen LogP) is 16.8. The SMILES string of the molecule is CC(C)(C)c1cc(C2=Cc3cc(C(C)(C)C)ccc3[CH]2[Hf]([Cl])([Cl])[CH]2C(c3cc(C(C)(C)C)cc(C(C)(C)C)c3)=Cc3cc(C(C)(C)C)ccc32)cc(C(C)(C)C)c1. The van der Waals surface area contributed by atoms with Gasteiger partial charge in [-0.05, 0) is 0 Å². The molecule has 2 unspecified atom stereocenters. The third-order valence-corrected chi connectivity index (χ3v) is 29.7. The number of hydrogen-bond acceptors (Lipinski definition) is 0. The van der Waals surface area contributed by atoms with Crippen LogP contribution in [0, 0.1) is 0 Å². The average molecular weight is 969 g/mol. The molecule has 3 heteroatoms. The fourth-order valence-corrected chi connectivity index (χ4v) is 27.1. The first-order valence-corrected chi connectivity index (χ1v) is 34.3. The van der Waals surface area contributed by atoms with Crippen molar-refractivity contribution in [3.63, 3.8) is 0 Å². The fraction of sp³-hybridized carbons (Fsp3) is 0.481. The molecule has 0 aromatic heterocycles. The van der Waals surface area contributed by atoms with Crippen molar-refractivity contribution in [1.82, 2.24) is 0 Å². The van der Waals surface area contributed by atoms with Crippen LogP contribution in [0.25, 0.3) is 23.3 Å². The number of halogens is 2. The van der Waals surface area contributed by atoms with Crippen LogP contribution < -0.4 is 0 Å². The van der Waals surface area contributed by atoms with Gasteiger partial charge in [-0.25, -0.2) is 0 Å². The number of allylic oxidation sites excluding steroid dienone is 2. The van der Waals surface area contributed by atoms with E-state index in [-0.39, 0.29) is 39.8 Å². The third-order valence-electron chi connectivity index (χ3n) is 12.5. The molecule has 304 valence electrons. The van der Waals surface area contributed by atoms with Crippen molar-refractivity contribution in [2.24, 2.45) is 0 Å². The number of rotatable bonds is 4. The summed E-state index contributed by atoms with van der Waals surface area (Å²) >= 11 is -4.70. The summed E-state index contributed by atoms with van der Waals surface area (Å²) in [5.41, 5.74) is 18.2. The predicted molar refractivity (Wildman–Crippen MR) is 251 cm³/mol. The van der Waals surface area contributed by atoms with Crippen molar-refractivity contribution in [3.05, 3.63) is 140 Å². The number of hydrogen-bond donors (Lipinski definition) is 0. The van der Waals surface area contributed by atoms with E-state index in [0.717, 1.165) is 0 Å². The molecular formula is C54H70Cl2Hf. The Balaban J connectivity index is 1.66. The van der Waals surface area contributed by atoms with Crippen LogP contribution in [0.3, 0.4) is 0 Å². The second kappa shape index (κ2) is 14.5. The van der Waals surface area contributed by atoms with E-state index in [1.165, 1.54) is 77.9 Å². The van der Waals surface area contributed by atoms with Gasteiger partial charge < -0.3 is 0 Å². The Bertz CT molecular complexity index is 2050. The molecule has 0 bridgehead atoms. The second-order valence-corrected chi connectivity index (χ2v) is 44.3. The Morgan fingerprint density at radius 2 is 0.614 bits per heavy atom. The van der Waals surface area contributed by atoms with Gasteiger partial charge in [0.15, 0.2) is 0 Å². The van der Waals surface area contributed by atoms with Crippen LogP contribution in [0.15, 0.2) is 72.8 Å². The van der Waals surface area contributed by atoms with E-state index in [2.05, 4.69) is 210 Å². The first kappa shape index (κ1) is 44.4. The molecule has 0 N–H and O–H groups in total. The summed E-state index contributed by atoms with van der Waals surface area (Å²) in [5.74, 6) is 0. The zero-order valence-corrected chi connectivity index (χ0v) is 43.6. The van der Waals surface area contributed by atoms with Crippen molar-refractivity contribution in [2.45, 2.75) is 164 Å². The Kier molecular flexibility index (Phi) is 11.3. The maximum absolute atomic E-state index is 8.58. The molecule has 0 radical (unpaired) electrons. The van der Waals surface area contributed by atoms with Gasteiger partial charge in [-0.2, -0.15) is 0 Å². The minimum atomic E-state index is -4.70. The number of fused-ring (bicyclic) bond motifs is 2. The van der Waals surface area contributed by atoms with Crippen molar-refractivity contribution >= 4 is 40.5 Å². The zero-order chi connectivity index (χ0) is 42.6. The molecule has 0 spiro atoms. The fourth-order valence-electron chi connectivity index (χ4n) is 8.51. The molecule has 57 heavy (non-hydrogen) atoms. The van der Waals surface area contributed by atoms with E-state index in [1.54, 1.807) is 0 Å². The summed E-state index contributed by atoms with van der Waals surface area (Å²) in [7, 11) is 17.2. The molecule has 0 nitrogen and oxygen atoms in total. The Labute approximate surface area is 359 Å². The monoisotopic (exact) mass is 968 g/mol. The van der Waals surface area contributed by atoms with Gasteiger partial charge in [0.05, 0.1) is 0 Å². The van der Waals surface area contributed by atoms with Crippen LogP contribution in [0.2, 0.25) is 0 Å². The van der Waals surface area contributed by atoms with E-state index >= 15 is 0 Å². The Morgan fingerprint density at radius 3 is 0.860 bits per heavy atom. The second-order valence-electron chi connectivity index (χ2n) is 23.5.